The number of nitrogens with zero attached hydrogens (tertiary/aromatic N) is 1. The van der Waals surface area contributed by atoms with Gasteiger partial charge in [-0.15, -0.1) is 0 Å². The van der Waals surface area contributed by atoms with Crippen molar-refractivity contribution < 1.29 is 19.0 Å². The third-order valence-corrected chi connectivity index (χ3v) is 7.02. The average Bonchev–Trinajstić information content (AvgIpc) is 2.92. The third kappa shape index (κ3) is 6.18. The van der Waals surface area contributed by atoms with Gasteiger partial charge in [-0.05, 0) is 91.4 Å². The SMILES string of the molecule is COc1ccc(C(=O)NCc2ccc(C3CCN(Cc4ccc(OC)c(OC)c4)CC3)cc2)c(C)c1. The molecule has 0 atom stereocenters. The van der Waals surface area contributed by atoms with E-state index in [1.165, 1.54) is 11.1 Å². The number of amides is 1. The monoisotopic (exact) mass is 488 g/mol. The molecule has 6 nitrogen and oxygen atoms in total. The van der Waals surface area contributed by atoms with Crippen molar-refractivity contribution in [1.82, 2.24) is 10.2 Å². The van der Waals surface area contributed by atoms with Gasteiger partial charge in [-0.3, -0.25) is 9.69 Å². The van der Waals surface area contributed by atoms with Crippen LogP contribution in [0.3, 0.4) is 0 Å². The van der Waals surface area contributed by atoms with E-state index in [2.05, 4.69) is 46.6 Å². The van der Waals surface area contributed by atoms with Crippen LogP contribution in [0.1, 0.15) is 51.4 Å². The number of piperidine rings is 1. The maximum absolute atomic E-state index is 12.6. The van der Waals surface area contributed by atoms with Crippen LogP contribution in [0.5, 0.6) is 17.2 Å². The molecule has 1 saturated heterocycles. The minimum Gasteiger partial charge on any atom is -0.497 e. The molecule has 6 heteroatoms. The van der Waals surface area contributed by atoms with E-state index < -0.39 is 0 Å². The summed E-state index contributed by atoms with van der Waals surface area (Å²) in [6, 6.07) is 20.4. The van der Waals surface area contributed by atoms with Gasteiger partial charge in [0.05, 0.1) is 21.3 Å². The van der Waals surface area contributed by atoms with E-state index in [-0.39, 0.29) is 5.91 Å². The number of likely N-dealkylation sites (tertiary alicyclic amines) is 1. The molecule has 190 valence electrons. The van der Waals surface area contributed by atoms with Crippen molar-refractivity contribution in [1.29, 1.82) is 0 Å². The van der Waals surface area contributed by atoms with E-state index in [4.69, 9.17) is 14.2 Å². The molecule has 4 rings (SSSR count). The lowest BCUT2D eigenvalue weighted by Crippen LogP contribution is -2.32. The highest BCUT2D eigenvalue weighted by molar-refractivity contribution is 5.95. The first-order valence-corrected chi connectivity index (χ1v) is 12.5. The number of methoxy groups -OCH3 is 3. The Morgan fingerprint density at radius 3 is 2.19 bits per heavy atom. The van der Waals surface area contributed by atoms with Gasteiger partial charge in [-0.25, -0.2) is 0 Å². The maximum atomic E-state index is 12.6. The molecule has 1 aliphatic rings. The van der Waals surface area contributed by atoms with Gasteiger partial charge in [0.1, 0.15) is 5.75 Å². The Hall–Kier alpha value is -3.51. The summed E-state index contributed by atoms with van der Waals surface area (Å²) in [6.07, 6.45) is 2.28. The first kappa shape index (κ1) is 25.6. The molecule has 0 spiro atoms. The Balaban J connectivity index is 1.27. The quantitative estimate of drug-likeness (QED) is 0.441. The summed E-state index contributed by atoms with van der Waals surface area (Å²) in [6.45, 7) is 5.48. The van der Waals surface area contributed by atoms with Gasteiger partial charge in [0.15, 0.2) is 11.5 Å². The van der Waals surface area contributed by atoms with Gasteiger partial charge >= 0.3 is 0 Å². The van der Waals surface area contributed by atoms with Crippen molar-refractivity contribution in [2.24, 2.45) is 0 Å². The van der Waals surface area contributed by atoms with Crippen LogP contribution in [-0.2, 0) is 13.1 Å². The average molecular weight is 489 g/mol. The Bertz CT molecular complexity index is 1170. The molecule has 3 aromatic carbocycles. The molecular weight excluding hydrogens is 452 g/mol. The summed E-state index contributed by atoms with van der Waals surface area (Å²) in [5.74, 6) is 2.80. The number of hydrogen-bond acceptors (Lipinski definition) is 5. The summed E-state index contributed by atoms with van der Waals surface area (Å²) < 4.78 is 16.0. The molecule has 0 aliphatic carbocycles. The minimum atomic E-state index is -0.0684. The highest BCUT2D eigenvalue weighted by Gasteiger charge is 2.21. The molecule has 0 saturated carbocycles. The summed E-state index contributed by atoms with van der Waals surface area (Å²) >= 11 is 0. The van der Waals surface area contributed by atoms with Crippen molar-refractivity contribution in [3.63, 3.8) is 0 Å². The zero-order chi connectivity index (χ0) is 25.5. The number of benzene rings is 3. The standard InChI is InChI=1S/C30H36N2O4/c1-21-17-26(34-2)10-11-27(21)30(33)31-19-22-5-8-24(9-6-22)25-13-15-32(16-14-25)20-23-7-12-28(35-3)29(18-23)36-4/h5-12,17-18,25H,13-16,19-20H2,1-4H3,(H,31,33). The van der Waals surface area contributed by atoms with E-state index >= 15 is 0 Å². The second-order valence-electron chi connectivity index (χ2n) is 9.34. The molecule has 1 aliphatic heterocycles. The van der Waals surface area contributed by atoms with Crippen molar-refractivity contribution >= 4 is 5.91 Å². The minimum absolute atomic E-state index is 0.0684. The molecule has 1 N–H and O–H groups in total. The first-order chi connectivity index (χ1) is 17.5. The summed E-state index contributed by atoms with van der Waals surface area (Å²) in [7, 11) is 4.96. The Labute approximate surface area is 214 Å². The van der Waals surface area contributed by atoms with E-state index in [9.17, 15) is 4.79 Å². The molecule has 0 bridgehead atoms. The van der Waals surface area contributed by atoms with Crippen LogP contribution in [0.4, 0.5) is 0 Å². The van der Waals surface area contributed by atoms with Gasteiger partial charge in [-0.1, -0.05) is 30.3 Å². The molecule has 0 radical (unpaired) electrons. The Morgan fingerprint density at radius 2 is 1.56 bits per heavy atom. The number of nitrogens with one attached hydrogen (secondary N) is 1. The highest BCUT2D eigenvalue weighted by atomic mass is 16.5. The van der Waals surface area contributed by atoms with Crippen molar-refractivity contribution in [3.8, 4) is 17.2 Å². The van der Waals surface area contributed by atoms with Gasteiger partial charge in [0.2, 0.25) is 0 Å². The normalized spacial score (nSPS) is 14.3. The van der Waals surface area contributed by atoms with Crippen LogP contribution in [0.25, 0.3) is 0 Å². The van der Waals surface area contributed by atoms with Gasteiger partial charge < -0.3 is 19.5 Å². The van der Waals surface area contributed by atoms with Crippen LogP contribution < -0.4 is 19.5 Å². The lowest BCUT2D eigenvalue weighted by molar-refractivity contribution is 0.0950. The van der Waals surface area contributed by atoms with E-state index in [1.54, 1.807) is 21.3 Å². The van der Waals surface area contributed by atoms with Crippen LogP contribution in [0, 0.1) is 6.92 Å². The van der Waals surface area contributed by atoms with Crippen LogP contribution in [0.15, 0.2) is 60.7 Å². The highest BCUT2D eigenvalue weighted by Crippen LogP contribution is 2.31. The molecule has 1 fully saturated rings. The molecule has 3 aromatic rings. The van der Waals surface area contributed by atoms with E-state index in [1.807, 2.05) is 31.2 Å². The summed E-state index contributed by atoms with van der Waals surface area (Å²) in [4.78, 5) is 15.1. The molecule has 1 amide bonds. The van der Waals surface area contributed by atoms with Gasteiger partial charge in [-0.2, -0.15) is 0 Å². The lowest BCUT2D eigenvalue weighted by Gasteiger charge is -2.32. The molecule has 36 heavy (non-hydrogen) atoms. The lowest BCUT2D eigenvalue weighted by atomic mass is 9.89. The van der Waals surface area contributed by atoms with Crippen molar-refractivity contribution in [2.75, 3.05) is 34.4 Å². The molecule has 0 aromatic heterocycles. The number of carbonyl (C=O) groups excluding carboxylic acids is 1. The number of ether oxygens (including phenoxy) is 3. The number of aryl methyl sites for hydroxylation is 1. The number of rotatable bonds is 9. The van der Waals surface area contributed by atoms with Gasteiger partial charge in [0.25, 0.3) is 5.91 Å². The fraction of sp³-hybridized carbons (Fsp3) is 0.367. The van der Waals surface area contributed by atoms with E-state index in [0.29, 0.717) is 18.0 Å². The smallest absolute Gasteiger partial charge is 0.251 e. The van der Waals surface area contributed by atoms with Crippen LogP contribution >= 0.6 is 0 Å². The Kier molecular flexibility index (Phi) is 8.49. The molecule has 1 heterocycles. The van der Waals surface area contributed by atoms with E-state index in [0.717, 1.165) is 60.9 Å². The topological polar surface area (TPSA) is 60.0 Å². The maximum Gasteiger partial charge on any atom is 0.251 e. The van der Waals surface area contributed by atoms with Crippen molar-refractivity contribution in [3.05, 3.63) is 88.5 Å². The predicted octanol–water partition coefficient (Wildman–Crippen LogP) is 5.33. The second kappa shape index (κ2) is 12.0. The number of hydrogen-bond donors (Lipinski definition) is 1. The fourth-order valence-corrected chi connectivity index (χ4v) is 4.86. The first-order valence-electron chi connectivity index (χ1n) is 12.5. The third-order valence-electron chi connectivity index (χ3n) is 7.02. The summed E-state index contributed by atoms with van der Waals surface area (Å²) in [5.41, 5.74) is 5.29. The second-order valence-corrected chi connectivity index (χ2v) is 9.34. The zero-order valence-corrected chi connectivity index (χ0v) is 21.7. The number of carbonyl (C=O) groups is 1. The zero-order valence-electron chi connectivity index (χ0n) is 21.7. The van der Waals surface area contributed by atoms with Crippen molar-refractivity contribution in [2.45, 2.75) is 38.8 Å². The van der Waals surface area contributed by atoms with Crippen LogP contribution in [0.2, 0.25) is 0 Å². The summed E-state index contributed by atoms with van der Waals surface area (Å²) in [5, 5.41) is 3.03. The predicted molar refractivity (Wildman–Crippen MR) is 142 cm³/mol. The van der Waals surface area contributed by atoms with Crippen LogP contribution in [-0.4, -0.2) is 45.2 Å². The molecule has 0 unspecified atom stereocenters. The molecular formula is C30H36N2O4. The Morgan fingerprint density at radius 1 is 0.861 bits per heavy atom. The van der Waals surface area contributed by atoms with Gasteiger partial charge in [0, 0.05) is 18.7 Å². The fourth-order valence-electron chi connectivity index (χ4n) is 4.86. The largest absolute Gasteiger partial charge is 0.497 e.